The number of aliphatic hydroxyl groups excluding tert-OH is 1. The van der Waals surface area contributed by atoms with Gasteiger partial charge in [-0.2, -0.15) is 5.10 Å². The van der Waals surface area contributed by atoms with Gasteiger partial charge >= 0.3 is 0 Å². The number of aromatic nitrogens is 3. The standard InChI is InChI=1S/C27H28N4O3S/c28-14-22-3-1-2-4-24(22)19-9-11-21(12-10-19)26-33-23(16-35-27-29-17-30-31-27)13-25(34-26)20-7-5-18(15-32)6-8-20/h1-12,17,23,25-26,32H,13-16,28H2,(H,29,30,31)/t23-,25+,26+/m1/s1. The van der Waals surface area contributed by atoms with Crippen molar-refractivity contribution in [3.8, 4) is 11.1 Å². The minimum Gasteiger partial charge on any atom is -0.392 e. The van der Waals surface area contributed by atoms with Gasteiger partial charge in [-0.15, -0.1) is 0 Å². The Morgan fingerprint density at radius 3 is 2.46 bits per heavy atom. The van der Waals surface area contributed by atoms with Crippen molar-refractivity contribution in [3.63, 3.8) is 0 Å². The zero-order valence-corrected chi connectivity index (χ0v) is 20.0. The first-order valence-corrected chi connectivity index (χ1v) is 12.6. The normalized spacial score (nSPS) is 20.1. The monoisotopic (exact) mass is 488 g/mol. The number of nitrogens with two attached hydrogens (primary N) is 1. The molecule has 4 aromatic rings. The molecule has 8 heteroatoms. The summed E-state index contributed by atoms with van der Waals surface area (Å²) < 4.78 is 12.8. The largest absolute Gasteiger partial charge is 0.392 e. The van der Waals surface area contributed by atoms with E-state index in [1.165, 1.54) is 6.33 Å². The third-order valence-corrected chi connectivity index (χ3v) is 7.15. The first kappa shape index (κ1) is 23.7. The Balaban J connectivity index is 1.37. The van der Waals surface area contributed by atoms with E-state index in [2.05, 4.69) is 51.6 Å². The number of aliphatic hydroxyl groups is 1. The molecule has 5 rings (SSSR count). The quantitative estimate of drug-likeness (QED) is 0.307. The lowest BCUT2D eigenvalue weighted by Gasteiger charge is -2.36. The maximum absolute atomic E-state index is 9.39. The van der Waals surface area contributed by atoms with Crippen molar-refractivity contribution in [1.29, 1.82) is 0 Å². The lowest BCUT2D eigenvalue weighted by Crippen LogP contribution is -2.31. The van der Waals surface area contributed by atoms with E-state index >= 15 is 0 Å². The number of thioether (sulfide) groups is 1. The van der Waals surface area contributed by atoms with Crippen molar-refractivity contribution in [2.75, 3.05) is 5.75 Å². The first-order valence-electron chi connectivity index (χ1n) is 11.6. The summed E-state index contributed by atoms with van der Waals surface area (Å²) in [6.07, 6.45) is 1.57. The number of ether oxygens (including phenoxy) is 2. The summed E-state index contributed by atoms with van der Waals surface area (Å²) in [4.78, 5) is 4.20. The number of H-pyrrole nitrogens is 1. The van der Waals surface area contributed by atoms with Crippen molar-refractivity contribution < 1.29 is 14.6 Å². The second-order valence-electron chi connectivity index (χ2n) is 8.44. The number of nitrogens with one attached hydrogen (secondary N) is 1. The third-order valence-electron chi connectivity index (χ3n) is 6.14. The van der Waals surface area contributed by atoms with Gasteiger partial charge in [-0.05, 0) is 27.8 Å². The molecule has 180 valence electrons. The third kappa shape index (κ3) is 5.63. The highest BCUT2D eigenvalue weighted by Crippen LogP contribution is 2.39. The van der Waals surface area contributed by atoms with Crippen LogP contribution in [-0.4, -0.2) is 32.1 Å². The van der Waals surface area contributed by atoms with Crippen LogP contribution in [-0.2, 0) is 22.6 Å². The first-order chi connectivity index (χ1) is 17.2. The summed E-state index contributed by atoms with van der Waals surface area (Å²) in [5.41, 5.74) is 12.2. The Kier molecular flexibility index (Phi) is 7.56. The van der Waals surface area contributed by atoms with E-state index in [1.807, 2.05) is 36.4 Å². The Labute approximate surface area is 208 Å². The molecule has 0 radical (unpaired) electrons. The van der Waals surface area contributed by atoms with Crippen molar-refractivity contribution in [3.05, 3.63) is 101 Å². The molecule has 1 aliphatic heterocycles. The maximum atomic E-state index is 9.39. The van der Waals surface area contributed by atoms with E-state index in [9.17, 15) is 5.11 Å². The van der Waals surface area contributed by atoms with E-state index in [1.54, 1.807) is 11.8 Å². The van der Waals surface area contributed by atoms with Gasteiger partial charge in [0.25, 0.3) is 0 Å². The van der Waals surface area contributed by atoms with E-state index in [4.69, 9.17) is 15.2 Å². The number of hydrogen-bond acceptors (Lipinski definition) is 7. The van der Waals surface area contributed by atoms with E-state index < -0.39 is 6.29 Å². The van der Waals surface area contributed by atoms with Crippen molar-refractivity contribution in [2.45, 2.75) is 43.2 Å². The van der Waals surface area contributed by atoms with Gasteiger partial charge in [0.1, 0.15) is 6.33 Å². The molecule has 7 nitrogen and oxygen atoms in total. The molecule has 0 aliphatic carbocycles. The second kappa shape index (κ2) is 11.2. The van der Waals surface area contributed by atoms with Crippen LogP contribution >= 0.6 is 11.8 Å². The van der Waals surface area contributed by atoms with Crippen LogP contribution in [0.3, 0.4) is 0 Å². The summed E-state index contributed by atoms with van der Waals surface area (Å²) in [6.45, 7) is 0.516. The molecule has 3 atom stereocenters. The number of nitrogens with zero attached hydrogens (tertiary/aromatic N) is 2. The molecule has 0 saturated carbocycles. The van der Waals surface area contributed by atoms with Crippen LogP contribution < -0.4 is 5.73 Å². The van der Waals surface area contributed by atoms with Crippen LogP contribution in [0.1, 0.15) is 41.1 Å². The summed E-state index contributed by atoms with van der Waals surface area (Å²) >= 11 is 1.58. The van der Waals surface area contributed by atoms with Crippen molar-refractivity contribution in [1.82, 2.24) is 15.2 Å². The van der Waals surface area contributed by atoms with Gasteiger partial charge in [-0.3, -0.25) is 5.10 Å². The molecule has 1 aliphatic rings. The molecule has 0 amide bonds. The highest BCUT2D eigenvalue weighted by atomic mass is 32.2. The number of rotatable bonds is 8. The lowest BCUT2D eigenvalue weighted by molar-refractivity contribution is -0.245. The van der Waals surface area contributed by atoms with Gasteiger partial charge in [0, 0.05) is 24.3 Å². The van der Waals surface area contributed by atoms with Gasteiger partial charge in [-0.25, -0.2) is 4.98 Å². The minimum atomic E-state index is -0.495. The topological polar surface area (TPSA) is 106 Å². The van der Waals surface area contributed by atoms with Crippen LogP contribution in [0, 0.1) is 0 Å². The molecule has 1 saturated heterocycles. The number of benzene rings is 3. The molecule has 0 spiro atoms. The molecule has 0 unspecified atom stereocenters. The minimum absolute atomic E-state index is 0.0214. The van der Waals surface area contributed by atoms with E-state index in [0.29, 0.717) is 6.54 Å². The van der Waals surface area contributed by atoms with Crippen LogP contribution in [0.5, 0.6) is 0 Å². The highest BCUT2D eigenvalue weighted by Gasteiger charge is 2.32. The lowest BCUT2D eigenvalue weighted by atomic mass is 9.98. The van der Waals surface area contributed by atoms with Crippen molar-refractivity contribution >= 4 is 11.8 Å². The average Bonchev–Trinajstić information content (AvgIpc) is 3.46. The average molecular weight is 489 g/mol. The molecule has 4 N–H and O–H groups in total. The van der Waals surface area contributed by atoms with Crippen LogP contribution in [0.25, 0.3) is 11.1 Å². The molecule has 35 heavy (non-hydrogen) atoms. The summed E-state index contributed by atoms with van der Waals surface area (Å²) in [5.74, 6) is 0.724. The molecule has 1 fully saturated rings. The fraction of sp³-hybridized carbons (Fsp3) is 0.259. The zero-order chi connectivity index (χ0) is 24.0. The Morgan fingerprint density at radius 1 is 0.971 bits per heavy atom. The van der Waals surface area contributed by atoms with E-state index in [-0.39, 0.29) is 18.8 Å². The Hall–Kier alpha value is -3.01. The fourth-order valence-electron chi connectivity index (χ4n) is 4.26. The second-order valence-corrected chi connectivity index (χ2v) is 9.44. The molecular formula is C27H28N4O3S. The number of hydrogen-bond donors (Lipinski definition) is 3. The summed E-state index contributed by atoms with van der Waals surface area (Å²) in [6, 6.07) is 24.4. The zero-order valence-electron chi connectivity index (χ0n) is 19.2. The van der Waals surface area contributed by atoms with Crippen molar-refractivity contribution in [2.24, 2.45) is 5.73 Å². The van der Waals surface area contributed by atoms with Crippen LogP contribution in [0.2, 0.25) is 0 Å². The van der Waals surface area contributed by atoms with E-state index in [0.717, 1.165) is 50.7 Å². The number of aromatic amines is 1. The maximum Gasteiger partial charge on any atom is 0.184 e. The predicted molar refractivity (Wildman–Crippen MR) is 135 cm³/mol. The predicted octanol–water partition coefficient (Wildman–Crippen LogP) is 4.76. The molecule has 1 aromatic heterocycles. The summed E-state index contributed by atoms with van der Waals surface area (Å²) in [5, 5.41) is 17.0. The fourth-order valence-corrected chi connectivity index (χ4v) is 5.06. The van der Waals surface area contributed by atoms with Gasteiger partial charge in [0.2, 0.25) is 0 Å². The smallest absolute Gasteiger partial charge is 0.184 e. The highest BCUT2D eigenvalue weighted by molar-refractivity contribution is 7.99. The van der Waals surface area contributed by atoms with Crippen LogP contribution in [0.4, 0.5) is 0 Å². The van der Waals surface area contributed by atoms with Gasteiger partial charge < -0.3 is 20.3 Å². The van der Waals surface area contributed by atoms with Gasteiger partial charge in [0.15, 0.2) is 11.4 Å². The Bertz CT molecular complexity index is 1220. The Morgan fingerprint density at radius 2 is 1.74 bits per heavy atom. The molecule has 3 aromatic carbocycles. The molecule has 0 bridgehead atoms. The summed E-state index contributed by atoms with van der Waals surface area (Å²) in [7, 11) is 0. The van der Waals surface area contributed by atoms with Gasteiger partial charge in [0.05, 0.1) is 18.8 Å². The van der Waals surface area contributed by atoms with Crippen LogP contribution in [0.15, 0.2) is 84.3 Å². The molecule has 2 heterocycles. The SMILES string of the molecule is NCc1ccccc1-c1ccc([C@H]2O[C@@H](CSc3ncn[nH]3)C[C@@H](c3ccc(CO)cc3)O2)cc1. The van der Waals surface area contributed by atoms with Gasteiger partial charge in [-0.1, -0.05) is 84.6 Å². The molecular weight excluding hydrogens is 460 g/mol.